The van der Waals surface area contributed by atoms with Crippen LogP contribution >= 0.6 is 0 Å². The highest BCUT2D eigenvalue weighted by Gasteiger charge is 2.26. The van der Waals surface area contributed by atoms with Crippen molar-refractivity contribution in [1.82, 2.24) is 9.97 Å². The maximum absolute atomic E-state index is 6.67. The molecule has 4 rings (SSSR count). The Morgan fingerprint density at radius 1 is 0.778 bits per heavy atom. The summed E-state index contributed by atoms with van der Waals surface area (Å²) in [6.07, 6.45) is 7.34. The number of nitrogens with two attached hydrogens (primary N) is 1. The number of aromatic nitrogens is 2. The predicted molar refractivity (Wildman–Crippen MR) is 115 cm³/mol. The van der Waals surface area contributed by atoms with Gasteiger partial charge in [-0.3, -0.25) is 0 Å². The van der Waals surface area contributed by atoms with E-state index < -0.39 is 0 Å². The summed E-state index contributed by atoms with van der Waals surface area (Å²) in [6, 6.07) is 13.6. The van der Waals surface area contributed by atoms with Crippen LogP contribution in [0, 0.1) is 0 Å². The van der Waals surface area contributed by atoms with Gasteiger partial charge >= 0.3 is 0 Å². The monoisotopic (exact) mass is 359 g/mol. The largest absolute Gasteiger partial charge is 0.361 e. The van der Waals surface area contributed by atoms with Gasteiger partial charge in [-0.15, -0.1) is 0 Å². The minimum Gasteiger partial charge on any atom is -0.361 e. The molecule has 1 atom stereocenters. The molecule has 0 saturated heterocycles. The van der Waals surface area contributed by atoms with E-state index in [1.54, 1.807) is 0 Å². The first kappa shape index (κ1) is 17.9. The molecule has 140 valence electrons. The maximum atomic E-state index is 6.67. The molecular formula is C24H29N3. The minimum absolute atomic E-state index is 0.0692. The van der Waals surface area contributed by atoms with Crippen LogP contribution in [0.5, 0.6) is 0 Å². The van der Waals surface area contributed by atoms with E-state index in [0.717, 1.165) is 19.3 Å². The van der Waals surface area contributed by atoms with E-state index in [-0.39, 0.29) is 12.0 Å². The summed E-state index contributed by atoms with van der Waals surface area (Å²) in [5, 5.41) is 2.56. The van der Waals surface area contributed by atoms with Crippen molar-refractivity contribution in [2.24, 2.45) is 5.73 Å². The molecule has 0 aliphatic carbocycles. The number of aromatic amines is 2. The SMILES string of the molecule is CCc1ccc2c(C(c3c[nH]c4cc(CC)ccc34)C(N)CC)c[nH]c2c1. The topological polar surface area (TPSA) is 57.6 Å². The molecule has 0 aliphatic heterocycles. The van der Waals surface area contributed by atoms with E-state index in [1.165, 1.54) is 44.1 Å². The molecule has 0 radical (unpaired) electrons. The van der Waals surface area contributed by atoms with Crippen LogP contribution in [0.2, 0.25) is 0 Å². The number of fused-ring (bicyclic) bond motifs is 2. The third-order valence-corrected chi connectivity index (χ3v) is 5.94. The Labute approximate surface area is 161 Å². The molecule has 1 unspecified atom stereocenters. The van der Waals surface area contributed by atoms with Crippen molar-refractivity contribution in [3.63, 3.8) is 0 Å². The van der Waals surface area contributed by atoms with Crippen molar-refractivity contribution in [1.29, 1.82) is 0 Å². The van der Waals surface area contributed by atoms with Crippen molar-refractivity contribution < 1.29 is 0 Å². The highest BCUT2D eigenvalue weighted by molar-refractivity contribution is 5.89. The van der Waals surface area contributed by atoms with Crippen LogP contribution in [0.15, 0.2) is 48.8 Å². The van der Waals surface area contributed by atoms with Crippen LogP contribution in [-0.2, 0) is 12.8 Å². The Balaban J connectivity index is 1.88. The number of aryl methyl sites for hydroxylation is 2. The van der Waals surface area contributed by atoms with Crippen LogP contribution < -0.4 is 5.73 Å². The average molecular weight is 360 g/mol. The number of H-pyrrole nitrogens is 2. The van der Waals surface area contributed by atoms with Gasteiger partial charge in [-0.25, -0.2) is 0 Å². The predicted octanol–water partition coefficient (Wildman–Crippen LogP) is 5.64. The summed E-state index contributed by atoms with van der Waals surface area (Å²) in [5.41, 5.74) is 14.4. The lowest BCUT2D eigenvalue weighted by molar-refractivity contribution is 0.582. The summed E-state index contributed by atoms with van der Waals surface area (Å²) >= 11 is 0. The summed E-state index contributed by atoms with van der Waals surface area (Å²) < 4.78 is 0. The van der Waals surface area contributed by atoms with Gasteiger partial charge in [0.2, 0.25) is 0 Å². The molecule has 0 spiro atoms. The Bertz CT molecular complexity index is 988. The van der Waals surface area contributed by atoms with Crippen LogP contribution in [0.1, 0.15) is 55.4 Å². The first-order chi connectivity index (χ1) is 13.2. The zero-order chi connectivity index (χ0) is 19.0. The molecular weight excluding hydrogens is 330 g/mol. The molecule has 4 aromatic rings. The van der Waals surface area contributed by atoms with E-state index in [1.807, 2.05) is 0 Å². The van der Waals surface area contributed by atoms with Gasteiger partial charge in [-0.1, -0.05) is 45.0 Å². The average Bonchev–Trinajstić information content (AvgIpc) is 3.32. The molecule has 0 aliphatic rings. The molecule has 0 saturated carbocycles. The molecule has 4 N–H and O–H groups in total. The van der Waals surface area contributed by atoms with E-state index >= 15 is 0 Å². The van der Waals surface area contributed by atoms with E-state index in [4.69, 9.17) is 5.73 Å². The van der Waals surface area contributed by atoms with E-state index in [9.17, 15) is 0 Å². The highest BCUT2D eigenvalue weighted by Crippen LogP contribution is 2.37. The fraction of sp³-hybridized carbons (Fsp3) is 0.333. The van der Waals surface area contributed by atoms with Gasteiger partial charge in [0.1, 0.15) is 0 Å². The lowest BCUT2D eigenvalue weighted by atomic mass is 9.83. The quantitative estimate of drug-likeness (QED) is 0.410. The van der Waals surface area contributed by atoms with Crippen LogP contribution in [0.4, 0.5) is 0 Å². The summed E-state index contributed by atoms with van der Waals surface area (Å²) in [6.45, 7) is 6.56. The Hall–Kier alpha value is -2.52. The standard InChI is InChI=1S/C24H29N3/c1-4-15-7-9-17-19(13-26-22(17)11-15)24(21(25)6-3)20-14-27-23-12-16(5-2)8-10-18(20)23/h7-14,21,24,26-27H,4-6,25H2,1-3H3. The highest BCUT2D eigenvalue weighted by atomic mass is 14.7. The molecule has 0 bridgehead atoms. The lowest BCUT2D eigenvalue weighted by Crippen LogP contribution is -2.28. The van der Waals surface area contributed by atoms with E-state index in [2.05, 4.69) is 79.5 Å². The normalized spacial score (nSPS) is 13.1. The zero-order valence-electron chi connectivity index (χ0n) is 16.5. The first-order valence-electron chi connectivity index (χ1n) is 10.1. The molecule has 2 heterocycles. The number of nitrogens with one attached hydrogen (secondary N) is 2. The van der Waals surface area contributed by atoms with Gasteiger partial charge in [-0.05, 0) is 53.6 Å². The Kier molecular flexibility index (Phi) is 4.79. The van der Waals surface area contributed by atoms with Crippen molar-refractivity contribution in [3.05, 3.63) is 71.0 Å². The third-order valence-electron chi connectivity index (χ3n) is 5.94. The van der Waals surface area contributed by atoms with E-state index in [0.29, 0.717) is 0 Å². The maximum Gasteiger partial charge on any atom is 0.0459 e. The molecule has 3 heteroatoms. The second-order valence-electron chi connectivity index (χ2n) is 7.50. The fourth-order valence-electron chi connectivity index (χ4n) is 4.21. The van der Waals surface area contributed by atoms with Gasteiger partial charge in [0.15, 0.2) is 0 Å². The smallest absolute Gasteiger partial charge is 0.0459 e. The third kappa shape index (κ3) is 3.06. The van der Waals surface area contributed by atoms with Crippen molar-refractivity contribution in [3.8, 4) is 0 Å². The number of benzene rings is 2. The Morgan fingerprint density at radius 2 is 1.26 bits per heavy atom. The number of hydrogen-bond donors (Lipinski definition) is 3. The van der Waals surface area contributed by atoms with Gasteiger partial charge < -0.3 is 15.7 Å². The first-order valence-corrected chi connectivity index (χ1v) is 10.1. The number of rotatable bonds is 6. The molecule has 2 aromatic heterocycles. The zero-order valence-corrected chi connectivity index (χ0v) is 16.5. The second-order valence-corrected chi connectivity index (χ2v) is 7.50. The van der Waals surface area contributed by atoms with Crippen LogP contribution in [0.25, 0.3) is 21.8 Å². The van der Waals surface area contributed by atoms with Gasteiger partial charge in [0.25, 0.3) is 0 Å². The summed E-state index contributed by atoms with van der Waals surface area (Å²) in [7, 11) is 0. The summed E-state index contributed by atoms with van der Waals surface area (Å²) in [5.74, 6) is 0.164. The van der Waals surface area contributed by atoms with Crippen molar-refractivity contribution in [2.45, 2.75) is 52.0 Å². The molecule has 2 aromatic carbocycles. The van der Waals surface area contributed by atoms with Gasteiger partial charge in [0.05, 0.1) is 0 Å². The Morgan fingerprint density at radius 3 is 1.67 bits per heavy atom. The fourth-order valence-corrected chi connectivity index (χ4v) is 4.21. The molecule has 3 nitrogen and oxygen atoms in total. The molecule has 27 heavy (non-hydrogen) atoms. The van der Waals surface area contributed by atoms with Crippen LogP contribution in [0.3, 0.4) is 0 Å². The number of hydrogen-bond acceptors (Lipinski definition) is 1. The molecule has 0 fully saturated rings. The minimum atomic E-state index is 0.0692. The van der Waals surface area contributed by atoms with Gasteiger partial charge in [-0.2, -0.15) is 0 Å². The summed E-state index contributed by atoms with van der Waals surface area (Å²) in [4.78, 5) is 6.97. The molecule has 0 amide bonds. The lowest BCUT2D eigenvalue weighted by Gasteiger charge is -2.23. The van der Waals surface area contributed by atoms with Crippen molar-refractivity contribution in [2.75, 3.05) is 0 Å². The second kappa shape index (κ2) is 7.24. The van der Waals surface area contributed by atoms with Crippen molar-refractivity contribution >= 4 is 21.8 Å². The van der Waals surface area contributed by atoms with Crippen LogP contribution in [-0.4, -0.2) is 16.0 Å². The van der Waals surface area contributed by atoms with Gasteiger partial charge in [0, 0.05) is 46.2 Å².